The summed E-state index contributed by atoms with van der Waals surface area (Å²) in [5, 5.41) is 4.33. The molecule has 2 atom stereocenters. The zero-order chi connectivity index (χ0) is 12.5. The van der Waals surface area contributed by atoms with Crippen LogP contribution in [0.3, 0.4) is 0 Å². The summed E-state index contributed by atoms with van der Waals surface area (Å²) in [6.45, 7) is 4.50. The van der Waals surface area contributed by atoms with Gasteiger partial charge in [-0.3, -0.25) is 14.4 Å². The van der Waals surface area contributed by atoms with Crippen molar-refractivity contribution in [3.05, 3.63) is 18.0 Å². The van der Waals surface area contributed by atoms with Crippen molar-refractivity contribution in [3.63, 3.8) is 0 Å². The van der Waals surface area contributed by atoms with Crippen LogP contribution in [0.2, 0.25) is 0 Å². The van der Waals surface area contributed by atoms with Crippen molar-refractivity contribution in [1.82, 2.24) is 14.7 Å². The summed E-state index contributed by atoms with van der Waals surface area (Å²) in [6.07, 6.45) is 7.08. The predicted molar refractivity (Wildman–Crippen MR) is 66.1 cm³/mol. The molecule has 0 spiro atoms. The predicted octanol–water partition coefficient (Wildman–Crippen LogP) is 0.971. The molecule has 2 aliphatic heterocycles. The van der Waals surface area contributed by atoms with Gasteiger partial charge in [0.25, 0.3) is 0 Å². The zero-order valence-corrected chi connectivity index (χ0v) is 10.7. The molecule has 0 saturated carbocycles. The van der Waals surface area contributed by atoms with E-state index < -0.39 is 0 Å². The quantitative estimate of drug-likeness (QED) is 0.749. The maximum Gasteiger partial charge on any atom is 0.323 e. The number of esters is 1. The second-order valence-electron chi connectivity index (χ2n) is 5.25. The van der Waals surface area contributed by atoms with E-state index in [2.05, 4.69) is 16.2 Å². The number of aromatic nitrogens is 2. The largest absolute Gasteiger partial charge is 0.464 e. The standard InChI is InChI=1S/C13H19N3O2/c1-10-7-14-15(8-10)9-11-3-2-5-16(11)12-4-6-18-13(12)17/h7-8,11-12H,2-6,9H2,1H3/t11-,12-/m1/s1. The molecule has 2 aliphatic rings. The maximum atomic E-state index is 11.7. The number of hydrogen-bond acceptors (Lipinski definition) is 4. The van der Waals surface area contributed by atoms with Crippen LogP contribution in [0.5, 0.6) is 0 Å². The Hall–Kier alpha value is -1.36. The van der Waals surface area contributed by atoms with Gasteiger partial charge < -0.3 is 4.74 Å². The number of carbonyl (C=O) groups excluding carboxylic acids is 1. The Labute approximate surface area is 107 Å². The molecule has 18 heavy (non-hydrogen) atoms. The lowest BCUT2D eigenvalue weighted by atomic mass is 10.1. The van der Waals surface area contributed by atoms with E-state index in [9.17, 15) is 4.79 Å². The van der Waals surface area contributed by atoms with E-state index in [1.165, 1.54) is 5.56 Å². The van der Waals surface area contributed by atoms with Crippen LogP contribution in [0.4, 0.5) is 0 Å². The number of aryl methyl sites for hydroxylation is 1. The van der Waals surface area contributed by atoms with E-state index in [1.807, 2.05) is 17.8 Å². The molecule has 1 aromatic heterocycles. The van der Waals surface area contributed by atoms with Crippen molar-refractivity contribution in [2.24, 2.45) is 0 Å². The summed E-state index contributed by atoms with van der Waals surface area (Å²) in [6, 6.07) is 0.397. The molecule has 1 aromatic rings. The van der Waals surface area contributed by atoms with Crippen LogP contribution in [-0.4, -0.2) is 45.9 Å². The molecular formula is C13H19N3O2. The van der Waals surface area contributed by atoms with Gasteiger partial charge in [0.2, 0.25) is 0 Å². The fraction of sp³-hybridized carbons (Fsp3) is 0.692. The fourth-order valence-corrected chi connectivity index (χ4v) is 3.03. The van der Waals surface area contributed by atoms with Crippen molar-refractivity contribution < 1.29 is 9.53 Å². The first-order valence-corrected chi connectivity index (χ1v) is 6.65. The van der Waals surface area contributed by atoms with Crippen LogP contribution < -0.4 is 0 Å². The van der Waals surface area contributed by atoms with Crippen LogP contribution in [-0.2, 0) is 16.1 Å². The fourth-order valence-electron chi connectivity index (χ4n) is 3.03. The molecule has 5 nitrogen and oxygen atoms in total. The first-order valence-electron chi connectivity index (χ1n) is 6.65. The average molecular weight is 249 g/mol. The van der Waals surface area contributed by atoms with Crippen molar-refractivity contribution >= 4 is 5.97 Å². The highest BCUT2D eigenvalue weighted by molar-refractivity contribution is 5.77. The van der Waals surface area contributed by atoms with Gasteiger partial charge in [-0.25, -0.2) is 0 Å². The second kappa shape index (κ2) is 4.72. The Balaban J connectivity index is 1.69. The molecular weight excluding hydrogens is 230 g/mol. The van der Waals surface area contributed by atoms with Gasteiger partial charge in [0, 0.05) is 18.7 Å². The monoisotopic (exact) mass is 249 g/mol. The van der Waals surface area contributed by atoms with Crippen molar-refractivity contribution in [2.75, 3.05) is 13.2 Å². The Morgan fingerprint density at radius 2 is 2.39 bits per heavy atom. The van der Waals surface area contributed by atoms with Gasteiger partial charge in [-0.1, -0.05) is 0 Å². The van der Waals surface area contributed by atoms with Gasteiger partial charge in [-0.15, -0.1) is 0 Å². The molecule has 0 aromatic carbocycles. The van der Waals surface area contributed by atoms with Crippen LogP contribution in [0.25, 0.3) is 0 Å². The Bertz CT molecular complexity index is 443. The Kier molecular flexibility index (Phi) is 3.07. The van der Waals surface area contributed by atoms with Crippen molar-refractivity contribution in [2.45, 2.75) is 44.8 Å². The highest BCUT2D eigenvalue weighted by atomic mass is 16.5. The minimum atomic E-state index is -0.0430. The zero-order valence-electron chi connectivity index (χ0n) is 10.7. The van der Waals surface area contributed by atoms with Crippen molar-refractivity contribution in [3.8, 4) is 0 Å². The molecule has 0 N–H and O–H groups in total. The topological polar surface area (TPSA) is 47.4 Å². The van der Waals surface area contributed by atoms with Crippen LogP contribution >= 0.6 is 0 Å². The number of likely N-dealkylation sites (tertiary alicyclic amines) is 1. The summed E-state index contributed by atoms with van der Waals surface area (Å²) in [7, 11) is 0. The number of rotatable bonds is 3. The smallest absolute Gasteiger partial charge is 0.323 e. The van der Waals surface area contributed by atoms with E-state index in [-0.39, 0.29) is 12.0 Å². The van der Waals surface area contributed by atoms with E-state index in [0.29, 0.717) is 12.6 Å². The lowest BCUT2D eigenvalue weighted by molar-refractivity contribution is -0.142. The Morgan fingerprint density at radius 1 is 1.50 bits per heavy atom. The molecule has 0 amide bonds. The average Bonchev–Trinajstić information content (AvgIpc) is 3.02. The SMILES string of the molecule is Cc1cnn(C[C@H]2CCCN2[C@@H]2CCOC2=O)c1. The van der Waals surface area contributed by atoms with E-state index in [4.69, 9.17) is 4.74 Å². The van der Waals surface area contributed by atoms with Gasteiger partial charge in [0.05, 0.1) is 19.3 Å². The molecule has 98 valence electrons. The molecule has 0 unspecified atom stereocenters. The number of nitrogens with zero attached hydrogens (tertiary/aromatic N) is 3. The van der Waals surface area contributed by atoms with Gasteiger partial charge in [0.15, 0.2) is 0 Å². The molecule has 3 rings (SSSR count). The van der Waals surface area contributed by atoms with E-state index in [1.54, 1.807) is 0 Å². The molecule has 0 radical (unpaired) electrons. The van der Waals surface area contributed by atoms with E-state index >= 15 is 0 Å². The highest BCUT2D eigenvalue weighted by Crippen LogP contribution is 2.26. The normalized spacial score (nSPS) is 28.8. The first kappa shape index (κ1) is 11.7. The minimum absolute atomic E-state index is 0.0193. The third-order valence-electron chi connectivity index (χ3n) is 3.89. The molecule has 2 saturated heterocycles. The summed E-state index contributed by atoms with van der Waals surface area (Å²) < 4.78 is 7.06. The molecule has 2 fully saturated rings. The van der Waals surface area contributed by atoms with Gasteiger partial charge in [-0.2, -0.15) is 5.10 Å². The lowest BCUT2D eigenvalue weighted by Crippen LogP contribution is -2.43. The maximum absolute atomic E-state index is 11.7. The minimum Gasteiger partial charge on any atom is -0.464 e. The summed E-state index contributed by atoms with van der Waals surface area (Å²) in [5.74, 6) is -0.0430. The molecule has 5 heteroatoms. The molecule has 3 heterocycles. The molecule has 0 bridgehead atoms. The number of cyclic esters (lactones) is 1. The first-order chi connectivity index (χ1) is 8.74. The third-order valence-corrected chi connectivity index (χ3v) is 3.89. The second-order valence-corrected chi connectivity index (χ2v) is 5.25. The lowest BCUT2D eigenvalue weighted by Gasteiger charge is -2.27. The van der Waals surface area contributed by atoms with E-state index in [0.717, 1.165) is 32.4 Å². The number of hydrogen-bond donors (Lipinski definition) is 0. The highest BCUT2D eigenvalue weighted by Gasteiger charge is 2.38. The molecule has 0 aliphatic carbocycles. The van der Waals surface area contributed by atoms with Crippen LogP contribution in [0.1, 0.15) is 24.8 Å². The van der Waals surface area contributed by atoms with Gasteiger partial charge in [-0.05, 0) is 31.9 Å². The Morgan fingerprint density at radius 3 is 3.06 bits per heavy atom. The number of carbonyl (C=O) groups is 1. The summed E-state index contributed by atoms with van der Waals surface area (Å²) in [4.78, 5) is 14.0. The van der Waals surface area contributed by atoms with Gasteiger partial charge in [0.1, 0.15) is 6.04 Å². The van der Waals surface area contributed by atoms with Gasteiger partial charge >= 0.3 is 5.97 Å². The van der Waals surface area contributed by atoms with Crippen LogP contribution in [0, 0.1) is 6.92 Å². The summed E-state index contributed by atoms with van der Waals surface area (Å²) in [5.41, 5.74) is 1.18. The third kappa shape index (κ3) is 2.14. The van der Waals surface area contributed by atoms with Crippen molar-refractivity contribution in [1.29, 1.82) is 0 Å². The summed E-state index contributed by atoms with van der Waals surface area (Å²) >= 11 is 0. The van der Waals surface area contributed by atoms with Crippen LogP contribution in [0.15, 0.2) is 12.4 Å². The number of ether oxygens (including phenoxy) is 1.